The maximum absolute atomic E-state index is 9.55. The lowest BCUT2D eigenvalue weighted by molar-refractivity contribution is 0.0633. The van der Waals surface area contributed by atoms with Gasteiger partial charge in [0.05, 0.1) is 11.1 Å². The predicted octanol–water partition coefficient (Wildman–Crippen LogP) is 2.83. The molecule has 1 N–H and O–H groups in total. The Morgan fingerprint density at radius 3 is 2.94 bits per heavy atom. The number of β-amino-alcohol motifs (C(OH)–C–C–N with tert-alkyl or cyclic N) is 1. The van der Waals surface area contributed by atoms with Gasteiger partial charge in [-0.3, -0.25) is 4.90 Å². The summed E-state index contributed by atoms with van der Waals surface area (Å²) in [5.74, 6) is 0.652. The highest BCUT2D eigenvalue weighted by Crippen LogP contribution is 2.27. The van der Waals surface area contributed by atoms with Gasteiger partial charge in [0.25, 0.3) is 0 Å². The first-order valence-corrected chi connectivity index (χ1v) is 6.89. The lowest BCUT2D eigenvalue weighted by atomic mass is 10.1. The van der Waals surface area contributed by atoms with Crippen molar-refractivity contribution in [2.75, 3.05) is 26.2 Å². The van der Waals surface area contributed by atoms with E-state index in [9.17, 15) is 5.11 Å². The molecule has 0 aromatic heterocycles. The van der Waals surface area contributed by atoms with Crippen LogP contribution in [0.4, 0.5) is 0 Å². The van der Waals surface area contributed by atoms with E-state index in [2.05, 4.69) is 4.90 Å². The van der Waals surface area contributed by atoms with Crippen molar-refractivity contribution in [2.45, 2.75) is 18.9 Å². The molecule has 0 amide bonds. The van der Waals surface area contributed by atoms with E-state index in [1.807, 2.05) is 0 Å². The Labute approximate surface area is 117 Å². The van der Waals surface area contributed by atoms with Crippen molar-refractivity contribution in [3.05, 3.63) is 28.2 Å². The van der Waals surface area contributed by atoms with Crippen LogP contribution in [-0.2, 0) is 0 Å². The fourth-order valence-electron chi connectivity index (χ4n) is 2.11. The normalized spacial score (nSPS) is 20.9. The van der Waals surface area contributed by atoms with Gasteiger partial charge in [0.1, 0.15) is 12.4 Å². The second kappa shape index (κ2) is 6.62. The van der Waals surface area contributed by atoms with Crippen molar-refractivity contribution in [3.63, 3.8) is 0 Å². The van der Waals surface area contributed by atoms with Crippen LogP contribution in [0.3, 0.4) is 0 Å². The molecule has 2 rings (SSSR count). The van der Waals surface area contributed by atoms with Crippen LogP contribution in [0.5, 0.6) is 5.75 Å². The highest BCUT2D eigenvalue weighted by molar-refractivity contribution is 6.35. The number of hydrogen-bond donors (Lipinski definition) is 1. The Hall–Kier alpha value is -0.480. The molecule has 3 nitrogen and oxygen atoms in total. The largest absolute Gasteiger partial charge is 0.491 e. The van der Waals surface area contributed by atoms with Gasteiger partial charge in [-0.25, -0.2) is 0 Å². The van der Waals surface area contributed by atoms with Crippen LogP contribution in [0, 0.1) is 0 Å². The first-order chi connectivity index (χ1) is 8.65. The summed E-state index contributed by atoms with van der Waals surface area (Å²) in [5.41, 5.74) is 0. The number of rotatable bonds is 4. The molecule has 0 saturated carbocycles. The summed E-state index contributed by atoms with van der Waals surface area (Å²) in [6.07, 6.45) is 1.75. The molecular formula is C13H17Cl2NO2. The van der Waals surface area contributed by atoms with Crippen molar-refractivity contribution in [1.82, 2.24) is 4.90 Å². The molecule has 5 heteroatoms. The first kappa shape index (κ1) is 13.9. The Kier molecular flexibility index (Phi) is 5.13. The predicted molar refractivity (Wildman–Crippen MR) is 73.6 cm³/mol. The lowest BCUT2D eigenvalue weighted by Gasteiger charge is -2.29. The fraction of sp³-hybridized carbons (Fsp3) is 0.538. The SMILES string of the molecule is O[C@H]1CCCN(CCOc2ccc(Cl)cc2Cl)C1. The highest BCUT2D eigenvalue weighted by Gasteiger charge is 2.17. The summed E-state index contributed by atoms with van der Waals surface area (Å²) in [5, 5.41) is 10.7. The van der Waals surface area contributed by atoms with Crippen LogP contribution in [0.2, 0.25) is 10.0 Å². The van der Waals surface area contributed by atoms with E-state index in [0.29, 0.717) is 22.4 Å². The number of aliphatic hydroxyl groups excluding tert-OH is 1. The minimum absolute atomic E-state index is 0.196. The Morgan fingerprint density at radius 1 is 1.39 bits per heavy atom. The second-order valence-corrected chi connectivity index (χ2v) is 5.36. The van der Waals surface area contributed by atoms with E-state index in [1.165, 1.54) is 0 Å². The number of nitrogens with zero attached hydrogens (tertiary/aromatic N) is 1. The van der Waals surface area contributed by atoms with Gasteiger partial charge < -0.3 is 9.84 Å². The lowest BCUT2D eigenvalue weighted by Crippen LogP contribution is -2.40. The molecule has 100 valence electrons. The minimum atomic E-state index is -0.196. The van der Waals surface area contributed by atoms with Crippen LogP contribution >= 0.6 is 23.2 Å². The number of piperidine rings is 1. The van der Waals surface area contributed by atoms with Gasteiger partial charge in [-0.15, -0.1) is 0 Å². The van der Waals surface area contributed by atoms with Crippen LogP contribution in [0.25, 0.3) is 0 Å². The number of halogens is 2. The van der Waals surface area contributed by atoms with Crippen molar-refractivity contribution < 1.29 is 9.84 Å². The zero-order chi connectivity index (χ0) is 13.0. The molecule has 1 saturated heterocycles. The summed E-state index contributed by atoms with van der Waals surface area (Å²) >= 11 is 11.8. The van der Waals surface area contributed by atoms with Gasteiger partial charge in [-0.1, -0.05) is 23.2 Å². The average molecular weight is 290 g/mol. The average Bonchev–Trinajstić information content (AvgIpc) is 2.32. The molecule has 0 aliphatic carbocycles. The quantitative estimate of drug-likeness (QED) is 0.925. The van der Waals surface area contributed by atoms with E-state index in [0.717, 1.165) is 32.5 Å². The molecule has 0 spiro atoms. The van der Waals surface area contributed by atoms with E-state index in [1.54, 1.807) is 18.2 Å². The topological polar surface area (TPSA) is 32.7 Å². The molecule has 0 bridgehead atoms. The number of aliphatic hydroxyl groups is 1. The summed E-state index contributed by atoms with van der Waals surface area (Å²) in [6, 6.07) is 5.20. The van der Waals surface area contributed by atoms with Gasteiger partial charge in [0, 0.05) is 18.1 Å². The molecule has 0 radical (unpaired) electrons. The van der Waals surface area contributed by atoms with Gasteiger partial charge in [0.15, 0.2) is 0 Å². The van der Waals surface area contributed by atoms with Crippen molar-refractivity contribution in [2.24, 2.45) is 0 Å². The zero-order valence-electron chi connectivity index (χ0n) is 10.1. The molecule has 1 aromatic carbocycles. The Balaban J connectivity index is 1.77. The third kappa shape index (κ3) is 4.02. The summed E-state index contributed by atoms with van der Waals surface area (Å²) in [7, 11) is 0. The number of ether oxygens (including phenoxy) is 1. The molecule has 1 atom stereocenters. The van der Waals surface area contributed by atoms with Gasteiger partial charge >= 0.3 is 0 Å². The molecular weight excluding hydrogens is 273 g/mol. The van der Waals surface area contributed by atoms with Crippen molar-refractivity contribution >= 4 is 23.2 Å². The first-order valence-electron chi connectivity index (χ1n) is 6.13. The summed E-state index contributed by atoms with van der Waals surface area (Å²) in [6.45, 7) is 3.12. The fourth-order valence-corrected chi connectivity index (χ4v) is 2.57. The summed E-state index contributed by atoms with van der Waals surface area (Å²) < 4.78 is 5.62. The van der Waals surface area contributed by atoms with Gasteiger partial charge in [-0.2, -0.15) is 0 Å². The van der Waals surface area contributed by atoms with E-state index in [4.69, 9.17) is 27.9 Å². The third-order valence-corrected chi connectivity index (χ3v) is 3.57. The number of hydrogen-bond acceptors (Lipinski definition) is 3. The molecule has 0 unspecified atom stereocenters. The van der Waals surface area contributed by atoms with Crippen LogP contribution in [0.1, 0.15) is 12.8 Å². The smallest absolute Gasteiger partial charge is 0.138 e. The van der Waals surface area contributed by atoms with E-state index < -0.39 is 0 Å². The minimum Gasteiger partial charge on any atom is -0.491 e. The molecule has 1 aliphatic heterocycles. The van der Waals surface area contributed by atoms with E-state index in [-0.39, 0.29) is 6.10 Å². The third-order valence-electron chi connectivity index (χ3n) is 3.04. The molecule has 1 aliphatic rings. The molecule has 1 heterocycles. The maximum atomic E-state index is 9.55. The van der Waals surface area contributed by atoms with Gasteiger partial charge in [-0.05, 0) is 37.6 Å². The Bertz CT molecular complexity index is 401. The molecule has 1 fully saturated rings. The van der Waals surface area contributed by atoms with Crippen LogP contribution in [0.15, 0.2) is 18.2 Å². The Morgan fingerprint density at radius 2 is 2.22 bits per heavy atom. The zero-order valence-corrected chi connectivity index (χ0v) is 11.6. The molecule has 18 heavy (non-hydrogen) atoms. The van der Waals surface area contributed by atoms with Crippen LogP contribution in [-0.4, -0.2) is 42.4 Å². The monoisotopic (exact) mass is 289 g/mol. The van der Waals surface area contributed by atoms with Crippen molar-refractivity contribution in [3.8, 4) is 5.75 Å². The molecule has 1 aromatic rings. The van der Waals surface area contributed by atoms with Gasteiger partial charge in [0.2, 0.25) is 0 Å². The number of benzene rings is 1. The standard InChI is InChI=1S/C13H17Cl2NO2/c14-10-3-4-13(12(15)8-10)18-7-6-16-5-1-2-11(17)9-16/h3-4,8,11,17H,1-2,5-7,9H2/t11-/m0/s1. The number of likely N-dealkylation sites (tertiary alicyclic amines) is 1. The summed E-state index contributed by atoms with van der Waals surface area (Å²) in [4.78, 5) is 2.21. The van der Waals surface area contributed by atoms with E-state index >= 15 is 0 Å². The van der Waals surface area contributed by atoms with Crippen molar-refractivity contribution in [1.29, 1.82) is 0 Å². The second-order valence-electron chi connectivity index (χ2n) is 4.52. The highest BCUT2D eigenvalue weighted by atomic mass is 35.5. The maximum Gasteiger partial charge on any atom is 0.138 e. The van der Waals surface area contributed by atoms with Crippen LogP contribution < -0.4 is 4.74 Å².